The molecule has 1 aromatic heterocycles. The highest BCUT2D eigenvalue weighted by Crippen LogP contribution is 2.23. The fourth-order valence-electron chi connectivity index (χ4n) is 1.17. The van der Waals surface area contributed by atoms with Crippen molar-refractivity contribution in [3.8, 4) is 11.3 Å². The Kier molecular flexibility index (Phi) is 2.07. The normalized spacial score (nSPS) is 10.3. The SMILES string of the molecule is Cc1cc(-c2ccon2)ccc1Cl. The van der Waals surface area contributed by atoms with Gasteiger partial charge in [0.1, 0.15) is 12.0 Å². The highest BCUT2D eigenvalue weighted by molar-refractivity contribution is 6.31. The summed E-state index contributed by atoms with van der Waals surface area (Å²) in [5, 5.41) is 4.61. The minimum atomic E-state index is 0.771. The summed E-state index contributed by atoms with van der Waals surface area (Å²) < 4.78 is 4.76. The van der Waals surface area contributed by atoms with Gasteiger partial charge in [-0.25, -0.2) is 0 Å². The molecule has 0 aliphatic heterocycles. The molecule has 0 amide bonds. The van der Waals surface area contributed by atoms with Crippen LogP contribution in [0.25, 0.3) is 11.3 Å². The first-order valence-corrected chi connectivity index (χ1v) is 4.32. The Balaban J connectivity index is 2.49. The van der Waals surface area contributed by atoms with Crippen molar-refractivity contribution in [2.24, 2.45) is 0 Å². The molecule has 13 heavy (non-hydrogen) atoms. The minimum Gasteiger partial charge on any atom is -0.364 e. The third kappa shape index (κ3) is 1.58. The molecule has 0 unspecified atom stereocenters. The van der Waals surface area contributed by atoms with Crippen LogP contribution in [0.5, 0.6) is 0 Å². The van der Waals surface area contributed by atoms with E-state index in [4.69, 9.17) is 16.1 Å². The van der Waals surface area contributed by atoms with E-state index in [-0.39, 0.29) is 0 Å². The van der Waals surface area contributed by atoms with Crippen molar-refractivity contribution in [2.45, 2.75) is 6.92 Å². The Morgan fingerprint density at radius 1 is 1.31 bits per heavy atom. The minimum absolute atomic E-state index is 0.771. The van der Waals surface area contributed by atoms with Crippen molar-refractivity contribution in [1.29, 1.82) is 0 Å². The van der Waals surface area contributed by atoms with E-state index in [0.29, 0.717) is 0 Å². The second-order valence-electron chi connectivity index (χ2n) is 2.85. The fraction of sp³-hybridized carbons (Fsp3) is 0.100. The molecule has 0 fully saturated rings. The molecule has 2 nitrogen and oxygen atoms in total. The Hall–Kier alpha value is -1.28. The fourth-order valence-corrected chi connectivity index (χ4v) is 1.28. The molecule has 0 spiro atoms. The lowest BCUT2D eigenvalue weighted by molar-refractivity contribution is 0.422. The van der Waals surface area contributed by atoms with E-state index in [0.717, 1.165) is 21.8 Å². The van der Waals surface area contributed by atoms with Crippen LogP contribution in [0.3, 0.4) is 0 Å². The van der Waals surface area contributed by atoms with Crippen LogP contribution in [0, 0.1) is 6.92 Å². The van der Waals surface area contributed by atoms with E-state index in [1.165, 1.54) is 0 Å². The van der Waals surface area contributed by atoms with Gasteiger partial charge in [0.05, 0.1) is 0 Å². The highest BCUT2D eigenvalue weighted by Gasteiger charge is 2.02. The van der Waals surface area contributed by atoms with Crippen molar-refractivity contribution < 1.29 is 4.52 Å². The van der Waals surface area contributed by atoms with Gasteiger partial charge >= 0.3 is 0 Å². The molecular formula is C10H8ClNO. The maximum absolute atomic E-state index is 5.90. The van der Waals surface area contributed by atoms with Gasteiger partial charge in [0.2, 0.25) is 0 Å². The lowest BCUT2D eigenvalue weighted by atomic mass is 10.1. The molecule has 0 saturated heterocycles. The number of hydrogen-bond donors (Lipinski definition) is 0. The summed E-state index contributed by atoms with van der Waals surface area (Å²) in [6, 6.07) is 7.59. The van der Waals surface area contributed by atoms with Gasteiger partial charge in [-0.05, 0) is 24.6 Å². The molecule has 0 saturated carbocycles. The standard InChI is InChI=1S/C10H8ClNO/c1-7-6-8(2-3-9(7)11)10-4-5-13-12-10/h2-6H,1H3. The van der Waals surface area contributed by atoms with Crippen LogP contribution >= 0.6 is 11.6 Å². The van der Waals surface area contributed by atoms with E-state index in [1.807, 2.05) is 31.2 Å². The van der Waals surface area contributed by atoms with E-state index in [2.05, 4.69) is 5.16 Å². The molecule has 2 aromatic rings. The van der Waals surface area contributed by atoms with Crippen molar-refractivity contribution in [3.05, 3.63) is 41.1 Å². The summed E-state index contributed by atoms with van der Waals surface area (Å²) in [6.07, 6.45) is 1.55. The van der Waals surface area contributed by atoms with E-state index in [1.54, 1.807) is 6.26 Å². The maximum atomic E-state index is 5.90. The monoisotopic (exact) mass is 193 g/mol. The van der Waals surface area contributed by atoms with Crippen LogP contribution in [0.2, 0.25) is 5.02 Å². The second kappa shape index (κ2) is 3.23. The van der Waals surface area contributed by atoms with Crippen LogP contribution in [0.1, 0.15) is 5.56 Å². The number of nitrogens with zero attached hydrogens (tertiary/aromatic N) is 1. The lowest BCUT2D eigenvalue weighted by Gasteiger charge is -1.99. The van der Waals surface area contributed by atoms with Gasteiger partial charge in [-0.2, -0.15) is 0 Å². The number of aryl methyl sites for hydroxylation is 1. The molecule has 0 radical (unpaired) electrons. The Morgan fingerprint density at radius 3 is 2.77 bits per heavy atom. The second-order valence-corrected chi connectivity index (χ2v) is 3.26. The number of rotatable bonds is 1. The molecule has 3 heteroatoms. The summed E-state index contributed by atoms with van der Waals surface area (Å²) in [4.78, 5) is 0. The molecule has 0 aliphatic carbocycles. The maximum Gasteiger partial charge on any atom is 0.124 e. The summed E-state index contributed by atoms with van der Waals surface area (Å²) in [5.41, 5.74) is 2.90. The third-order valence-corrected chi connectivity index (χ3v) is 2.32. The van der Waals surface area contributed by atoms with Gasteiger partial charge in [0.25, 0.3) is 0 Å². The number of aromatic nitrogens is 1. The van der Waals surface area contributed by atoms with Crippen molar-refractivity contribution in [2.75, 3.05) is 0 Å². The highest BCUT2D eigenvalue weighted by atomic mass is 35.5. The van der Waals surface area contributed by atoms with Crippen LogP contribution in [-0.2, 0) is 0 Å². The zero-order valence-electron chi connectivity index (χ0n) is 7.12. The molecule has 1 aromatic carbocycles. The first-order chi connectivity index (χ1) is 6.27. The topological polar surface area (TPSA) is 26.0 Å². The van der Waals surface area contributed by atoms with Crippen molar-refractivity contribution >= 4 is 11.6 Å². The zero-order chi connectivity index (χ0) is 9.26. The largest absolute Gasteiger partial charge is 0.364 e. The van der Waals surface area contributed by atoms with E-state index in [9.17, 15) is 0 Å². The molecule has 66 valence electrons. The smallest absolute Gasteiger partial charge is 0.124 e. The summed E-state index contributed by atoms with van der Waals surface area (Å²) in [6.45, 7) is 1.96. The first kappa shape index (κ1) is 8.32. The first-order valence-electron chi connectivity index (χ1n) is 3.94. The average Bonchev–Trinajstić information content (AvgIpc) is 2.62. The molecule has 0 N–H and O–H groups in total. The summed E-state index contributed by atoms with van der Waals surface area (Å²) >= 11 is 5.90. The van der Waals surface area contributed by atoms with Crippen LogP contribution in [0.4, 0.5) is 0 Å². The van der Waals surface area contributed by atoms with Crippen molar-refractivity contribution in [3.63, 3.8) is 0 Å². The predicted octanol–water partition coefficient (Wildman–Crippen LogP) is 3.30. The molecule has 0 aliphatic rings. The number of benzene rings is 1. The molecule has 0 atom stereocenters. The third-order valence-electron chi connectivity index (χ3n) is 1.89. The van der Waals surface area contributed by atoms with Crippen LogP contribution in [0.15, 0.2) is 35.1 Å². The van der Waals surface area contributed by atoms with Gasteiger partial charge in [0, 0.05) is 16.7 Å². The Morgan fingerprint density at radius 2 is 2.15 bits per heavy atom. The average molecular weight is 194 g/mol. The number of halogens is 1. The van der Waals surface area contributed by atoms with Gasteiger partial charge in [-0.15, -0.1) is 0 Å². The Labute approximate surface area is 81.1 Å². The van der Waals surface area contributed by atoms with Crippen LogP contribution < -0.4 is 0 Å². The number of hydrogen-bond acceptors (Lipinski definition) is 2. The van der Waals surface area contributed by atoms with Gasteiger partial charge in [-0.3, -0.25) is 0 Å². The predicted molar refractivity (Wildman–Crippen MR) is 51.7 cm³/mol. The lowest BCUT2D eigenvalue weighted by Crippen LogP contribution is -1.80. The van der Waals surface area contributed by atoms with Crippen molar-refractivity contribution in [1.82, 2.24) is 5.16 Å². The quantitative estimate of drug-likeness (QED) is 0.695. The van der Waals surface area contributed by atoms with Gasteiger partial charge in [0.15, 0.2) is 0 Å². The van der Waals surface area contributed by atoms with Crippen LogP contribution in [-0.4, -0.2) is 5.16 Å². The van der Waals surface area contributed by atoms with Gasteiger partial charge < -0.3 is 4.52 Å². The van der Waals surface area contributed by atoms with E-state index < -0.39 is 0 Å². The molecule has 2 rings (SSSR count). The summed E-state index contributed by atoms with van der Waals surface area (Å²) in [7, 11) is 0. The zero-order valence-corrected chi connectivity index (χ0v) is 7.88. The molecule has 1 heterocycles. The summed E-state index contributed by atoms with van der Waals surface area (Å²) in [5.74, 6) is 0. The van der Waals surface area contributed by atoms with E-state index >= 15 is 0 Å². The van der Waals surface area contributed by atoms with Gasteiger partial charge in [-0.1, -0.05) is 22.8 Å². The molecule has 0 bridgehead atoms. The molecular weight excluding hydrogens is 186 g/mol. The Bertz CT molecular complexity index is 409.